The first-order chi connectivity index (χ1) is 10.1. The Hall–Kier alpha value is -2.70. The van der Waals surface area contributed by atoms with Crippen LogP contribution in [-0.4, -0.2) is 28.3 Å². The summed E-state index contributed by atoms with van der Waals surface area (Å²) in [7, 11) is 0. The number of aromatic nitrogens is 2. The Morgan fingerprint density at radius 2 is 2.14 bits per heavy atom. The van der Waals surface area contributed by atoms with Crippen molar-refractivity contribution in [1.29, 1.82) is 0 Å². The Morgan fingerprint density at radius 3 is 2.81 bits per heavy atom. The zero-order valence-electron chi connectivity index (χ0n) is 11.4. The Bertz CT molecular complexity index is 628. The molecular formula is C14H15FN4O2. The summed E-state index contributed by atoms with van der Waals surface area (Å²) in [5, 5.41) is 5.03. The summed E-state index contributed by atoms with van der Waals surface area (Å²) in [5.41, 5.74) is -0.0932. The van der Waals surface area contributed by atoms with Crippen LogP contribution in [0.5, 0.6) is 0 Å². The van der Waals surface area contributed by atoms with Crippen molar-refractivity contribution in [3.05, 3.63) is 53.9 Å². The average molecular weight is 290 g/mol. The highest BCUT2D eigenvalue weighted by atomic mass is 19.1. The molecule has 0 saturated heterocycles. The maximum Gasteiger partial charge on any atom is 0.254 e. The van der Waals surface area contributed by atoms with E-state index in [4.69, 9.17) is 0 Å². The lowest BCUT2D eigenvalue weighted by Crippen LogP contribution is -2.38. The van der Waals surface area contributed by atoms with Gasteiger partial charge in [-0.15, -0.1) is 0 Å². The molecule has 6 nitrogen and oxygen atoms in total. The zero-order chi connectivity index (χ0) is 15.2. The number of benzene rings is 1. The molecule has 0 bridgehead atoms. The van der Waals surface area contributed by atoms with E-state index in [1.165, 1.54) is 18.2 Å². The summed E-state index contributed by atoms with van der Waals surface area (Å²) in [6.45, 7) is 1.52. The van der Waals surface area contributed by atoms with Crippen molar-refractivity contribution in [1.82, 2.24) is 20.6 Å². The molecule has 2 aromatic rings. The normalized spacial score (nSPS) is 11.7. The minimum Gasteiger partial charge on any atom is -0.347 e. The average Bonchev–Trinajstić information content (AvgIpc) is 2.99. The van der Waals surface area contributed by atoms with Gasteiger partial charge in [0, 0.05) is 12.4 Å². The van der Waals surface area contributed by atoms with Gasteiger partial charge >= 0.3 is 0 Å². The predicted octanol–water partition coefficient (Wildman–Crippen LogP) is 1.16. The fourth-order valence-corrected chi connectivity index (χ4v) is 1.78. The van der Waals surface area contributed by atoms with Gasteiger partial charge in [0.2, 0.25) is 5.91 Å². The summed E-state index contributed by atoms with van der Waals surface area (Å²) in [5.74, 6) is -1.03. The molecule has 0 saturated carbocycles. The van der Waals surface area contributed by atoms with Crippen LogP contribution < -0.4 is 10.6 Å². The number of halogens is 1. The van der Waals surface area contributed by atoms with Crippen molar-refractivity contribution in [3.8, 4) is 0 Å². The number of aromatic amines is 1. The van der Waals surface area contributed by atoms with Gasteiger partial charge in [0.05, 0.1) is 18.2 Å². The Labute approximate surface area is 120 Å². The molecule has 1 heterocycles. The number of amides is 2. The number of hydrogen-bond donors (Lipinski definition) is 3. The highest BCUT2D eigenvalue weighted by Gasteiger charge is 2.14. The third-order valence-electron chi connectivity index (χ3n) is 2.84. The molecule has 0 aliphatic heterocycles. The number of nitrogens with zero attached hydrogens (tertiary/aromatic N) is 1. The van der Waals surface area contributed by atoms with Gasteiger partial charge in [-0.3, -0.25) is 9.59 Å². The van der Waals surface area contributed by atoms with Crippen LogP contribution in [0.15, 0.2) is 36.7 Å². The molecule has 110 valence electrons. The quantitative estimate of drug-likeness (QED) is 0.772. The molecule has 7 heteroatoms. The van der Waals surface area contributed by atoms with Crippen LogP contribution in [0.2, 0.25) is 0 Å². The van der Waals surface area contributed by atoms with Gasteiger partial charge in [-0.1, -0.05) is 12.1 Å². The molecule has 1 aromatic carbocycles. The van der Waals surface area contributed by atoms with Crippen LogP contribution in [-0.2, 0) is 4.79 Å². The highest BCUT2D eigenvalue weighted by molar-refractivity contribution is 5.96. The standard InChI is InChI=1S/C14H15FN4O2/c1-9(13-16-6-7-17-13)19-12(20)8-18-14(21)10-4-2-3-5-11(10)15/h2-7,9H,8H2,1H3,(H,16,17)(H,18,21)(H,19,20). The number of H-pyrrole nitrogens is 1. The largest absolute Gasteiger partial charge is 0.347 e. The number of rotatable bonds is 5. The summed E-state index contributed by atoms with van der Waals surface area (Å²) >= 11 is 0. The molecule has 2 amide bonds. The van der Waals surface area contributed by atoms with Gasteiger partial charge in [0.1, 0.15) is 11.6 Å². The molecule has 0 aliphatic carbocycles. The Balaban J connectivity index is 1.84. The molecule has 0 spiro atoms. The highest BCUT2D eigenvalue weighted by Crippen LogP contribution is 2.06. The van der Waals surface area contributed by atoms with Crippen LogP contribution in [0.25, 0.3) is 0 Å². The van der Waals surface area contributed by atoms with E-state index < -0.39 is 11.7 Å². The number of carbonyl (C=O) groups excluding carboxylic acids is 2. The molecular weight excluding hydrogens is 275 g/mol. The molecule has 1 aromatic heterocycles. The van der Waals surface area contributed by atoms with Crippen molar-refractivity contribution >= 4 is 11.8 Å². The van der Waals surface area contributed by atoms with E-state index >= 15 is 0 Å². The van der Waals surface area contributed by atoms with Gasteiger partial charge in [0.25, 0.3) is 5.91 Å². The topological polar surface area (TPSA) is 86.9 Å². The van der Waals surface area contributed by atoms with Crippen molar-refractivity contribution < 1.29 is 14.0 Å². The van der Waals surface area contributed by atoms with E-state index in [0.717, 1.165) is 0 Å². The van der Waals surface area contributed by atoms with E-state index in [1.807, 2.05) is 0 Å². The summed E-state index contributed by atoms with van der Waals surface area (Å²) in [4.78, 5) is 30.3. The minimum atomic E-state index is -0.631. The van der Waals surface area contributed by atoms with Crippen LogP contribution >= 0.6 is 0 Å². The number of hydrogen-bond acceptors (Lipinski definition) is 3. The Kier molecular flexibility index (Phi) is 4.65. The van der Waals surface area contributed by atoms with Crippen LogP contribution in [0.1, 0.15) is 29.1 Å². The lowest BCUT2D eigenvalue weighted by molar-refractivity contribution is -0.120. The second kappa shape index (κ2) is 6.65. The lowest BCUT2D eigenvalue weighted by Gasteiger charge is -2.12. The summed E-state index contributed by atoms with van der Waals surface area (Å²) in [6.07, 6.45) is 3.23. The van der Waals surface area contributed by atoms with Crippen molar-refractivity contribution in [2.45, 2.75) is 13.0 Å². The number of imidazole rings is 1. The van der Waals surface area contributed by atoms with Gasteiger partial charge in [-0.05, 0) is 19.1 Å². The summed E-state index contributed by atoms with van der Waals surface area (Å²) in [6, 6.07) is 5.28. The monoisotopic (exact) mass is 290 g/mol. The molecule has 0 radical (unpaired) electrons. The molecule has 0 fully saturated rings. The van der Waals surface area contributed by atoms with Gasteiger partial charge in [0.15, 0.2) is 0 Å². The maximum absolute atomic E-state index is 13.4. The molecule has 21 heavy (non-hydrogen) atoms. The third-order valence-corrected chi connectivity index (χ3v) is 2.84. The minimum absolute atomic E-state index is 0.0932. The predicted molar refractivity (Wildman–Crippen MR) is 73.9 cm³/mol. The van der Waals surface area contributed by atoms with Crippen LogP contribution in [0, 0.1) is 5.82 Å². The Morgan fingerprint density at radius 1 is 1.38 bits per heavy atom. The summed E-state index contributed by atoms with van der Waals surface area (Å²) < 4.78 is 13.4. The second-order valence-corrected chi connectivity index (χ2v) is 4.43. The fraction of sp³-hybridized carbons (Fsp3) is 0.214. The first-order valence-corrected chi connectivity index (χ1v) is 6.39. The maximum atomic E-state index is 13.4. The fourth-order valence-electron chi connectivity index (χ4n) is 1.78. The van der Waals surface area contributed by atoms with E-state index in [1.54, 1.807) is 25.4 Å². The number of carbonyl (C=O) groups is 2. The third kappa shape index (κ3) is 3.88. The molecule has 0 aliphatic rings. The SMILES string of the molecule is CC(NC(=O)CNC(=O)c1ccccc1F)c1ncc[nH]1. The lowest BCUT2D eigenvalue weighted by atomic mass is 10.2. The van der Waals surface area contributed by atoms with Crippen molar-refractivity contribution in [2.75, 3.05) is 6.54 Å². The van der Waals surface area contributed by atoms with E-state index in [0.29, 0.717) is 5.82 Å². The number of nitrogens with one attached hydrogen (secondary N) is 3. The molecule has 1 atom stereocenters. The van der Waals surface area contributed by atoms with Crippen molar-refractivity contribution in [2.24, 2.45) is 0 Å². The second-order valence-electron chi connectivity index (χ2n) is 4.43. The van der Waals surface area contributed by atoms with E-state index in [9.17, 15) is 14.0 Å². The van der Waals surface area contributed by atoms with E-state index in [2.05, 4.69) is 20.6 Å². The van der Waals surface area contributed by atoms with Gasteiger partial charge < -0.3 is 15.6 Å². The first-order valence-electron chi connectivity index (χ1n) is 6.39. The van der Waals surface area contributed by atoms with Crippen LogP contribution in [0.4, 0.5) is 4.39 Å². The smallest absolute Gasteiger partial charge is 0.254 e. The van der Waals surface area contributed by atoms with E-state index in [-0.39, 0.29) is 24.1 Å². The zero-order valence-corrected chi connectivity index (χ0v) is 11.4. The molecule has 1 unspecified atom stereocenters. The van der Waals surface area contributed by atoms with Crippen molar-refractivity contribution in [3.63, 3.8) is 0 Å². The van der Waals surface area contributed by atoms with Crippen LogP contribution in [0.3, 0.4) is 0 Å². The first kappa shape index (κ1) is 14.7. The van der Waals surface area contributed by atoms with Gasteiger partial charge in [-0.25, -0.2) is 9.37 Å². The molecule has 3 N–H and O–H groups in total. The molecule has 2 rings (SSSR count). The van der Waals surface area contributed by atoms with Gasteiger partial charge in [-0.2, -0.15) is 0 Å².